The van der Waals surface area contributed by atoms with Gasteiger partial charge in [0.15, 0.2) is 5.75 Å². The number of benzene rings is 1. The molecule has 0 aliphatic heterocycles. The van der Waals surface area contributed by atoms with Crippen LogP contribution in [0.2, 0.25) is 0 Å². The van der Waals surface area contributed by atoms with Crippen molar-refractivity contribution in [1.82, 2.24) is 5.32 Å². The molecule has 46 heavy (non-hydrogen) atoms. The number of rotatable bonds is 24. The molecular weight excluding hydrogens is 572 g/mol. The zero-order chi connectivity index (χ0) is 32.8. The van der Waals surface area contributed by atoms with Crippen molar-refractivity contribution >= 4 is 23.0 Å². The van der Waals surface area contributed by atoms with Crippen molar-refractivity contribution in [2.24, 2.45) is 5.92 Å². The van der Waals surface area contributed by atoms with E-state index in [1.54, 1.807) is 0 Å². The van der Waals surface area contributed by atoms with Crippen molar-refractivity contribution in [1.29, 1.82) is 0 Å². The first-order valence-electron chi connectivity index (χ1n) is 19.1. The van der Waals surface area contributed by atoms with Gasteiger partial charge in [0.2, 0.25) is 5.52 Å². The number of nitrogens with one attached hydrogen (secondary N) is 1. The molecule has 1 aliphatic rings. The summed E-state index contributed by atoms with van der Waals surface area (Å²) in [6, 6.07) is 7.89. The van der Waals surface area contributed by atoms with Crippen molar-refractivity contribution in [2.45, 2.75) is 169 Å². The zero-order valence-electron chi connectivity index (χ0n) is 29.6. The number of fused-ring (bicyclic) bond motifs is 1. The van der Waals surface area contributed by atoms with Crippen LogP contribution in [0.5, 0.6) is 5.75 Å². The first kappa shape index (κ1) is 37.8. The van der Waals surface area contributed by atoms with Crippen LogP contribution in [0.3, 0.4) is 0 Å². The van der Waals surface area contributed by atoms with E-state index in [0.717, 1.165) is 49.4 Å². The maximum absolute atomic E-state index is 13.5. The number of aryl methyl sites for hydroxylation is 1. The van der Waals surface area contributed by atoms with Gasteiger partial charge in [0.25, 0.3) is 5.69 Å². The lowest BCUT2D eigenvalue weighted by atomic mass is 10.0. The second-order valence-corrected chi connectivity index (χ2v) is 13.7. The van der Waals surface area contributed by atoms with E-state index < -0.39 is 6.09 Å². The Hall–Kier alpha value is -2.63. The fourth-order valence-electron chi connectivity index (χ4n) is 6.91. The van der Waals surface area contributed by atoms with Crippen molar-refractivity contribution in [3.8, 4) is 5.75 Å². The molecular formula is C40H65N2O4+. The van der Waals surface area contributed by atoms with Gasteiger partial charge in [-0.3, -0.25) is 0 Å². The Morgan fingerprint density at radius 3 is 1.89 bits per heavy atom. The Kier molecular flexibility index (Phi) is 18.8. The molecule has 1 amide bonds. The maximum atomic E-state index is 13.5. The van der Waals surface area contributed by atoms with Crippen molar-refractivity contribution in [3.05, 3.63) is 35.5 Å². The lowest BCUT2D eigenvalue weighted by Gasteiger charge is -2.16. The van der Waals surface area contributed by atoms with Gasteiger partial charge in [-0.1, -0.05) is 142 Å². The minimum absolute atomic E-state index is 0.329. The van der Waals surface area contributed by atoms with E-state index in [0.29, 0.717) is 42.6 Å². The van der Waals surface area contributed by atoms with Gasteiger partial charge in [0.1, 0.15) is 6.54 Å². The predicted molar refractivity (Wildman–Crippen MR) is 190 cm³/mol. The second kappa shape index (κ2) is 22.8. The first-order valence-corrected chi connectivity index (χ1v) is 19.1. The number of hydrogen-bond donors (Lipinski definition) is 1. The van der Waals surface area contributed by atoms with Gasteiger partial charge in [-0.2, -0.15) is 4.57 Å². The third-order valence-electron chi connectivity index (χ3n) is 9.75. The summed E-state index contributed by atoms with van der Waals surface area (Å²) in [6.07, 6.45) is 27.3. The van der Waals surface area contributed by atoms with Crippen LogP contribution in [0.1, 0.15) is 171 Å². The van der Waals surface area contributed by atoms with Gasteiger partial charge >= 0.3 is 12.1 Å². The van der Waals surface area contributed by atoms with E-state index in [2.05, 4.69) is 23.7 Å². The lowest BCUT2D eigenvalue weighted by molar-refractivity contribution is -0.674. The first-order chi connectivity index (χ1) is 22.6. The molecule has 6 heteroatoms. The Morgan fingerprint density at radius 1 is 0.761 bits per heavy atom. The summed E-state index contributed by atoms with van der Waals surface area (Å²) in [7, 11) is 0. The van der Waals surface area contributed by atoms with Crippen LogP contribution in [-0.2, 0) is 11.3 Å². The number of hydrogen-bond acceptors (Lipinski definition) is 4. The van der Waals surface area contributed by atoms with Gasteiger partial charge in [0.05, 0.1) is 17.6 Å². The molecule has 0 unspecified atom stereocenters. The fourth-order valence-corrected chi connectivity index (χ4v) is 6.91. The molecule has 1 saturated carbocycles. The summed E-state index contributed by atoms with van der Waals surface area (Å²) in [5, 5.41) is 3.78. The molecule has 1 aromatic carbocycles. The average molecular weight is 638 g/mol. The van der Waals surface area contributed by atoms with Crippen LogP contribution < -0.4 is 14.6 Å². The number of esters is 1. The van der Waals surface area contributed by atoms with Crippen molar-refractivity contribution in [3.63, 3.8) is 0 Å². The van der Waals surface area contributed by atoms with Gasteiger partial charge in [-0.05, 0) is 38.2 Å². The van der Waals surface area contributed by atoms with Crippen LogP contribution in [0, 0.1) is 12.8 Å². The van der Waals surface area contributed by atoms with E-state index in [1.807, 2.05) is 31.2 Å². The molecule has 1 N–H and O–H groups in total. The third kappa shape index (κ3) is 13.2. The second-order valence-electron chi connectivity index (χ2n) is 13.7. The largest absolute Gasteiger partial charge is 0.457 e. The summed E-state index contributed by atoms with van der Waals surface area (Å²) in [5.41, 5.74) is 2.03. The van der Waals surface area contributed by atoms with Gasteiger partial charge < -0.3 is 14.8 Å². The Balaban J connectivity index is 1.41. The van der Waals surface area contributed by atoms with Gasteiger partial charge in [-0.25, -0.2) is 9.59 Å². The van der Waals surface area contributed by atoms with Gasteiger partial charge in [0, 0.05) is 19.0 Å². The normalized spacial score (nSPS) is 13.4. The molecule has 0 atom stereocenters. The minimum Gasteiger partial charge on any atom is -0.457 e. The SMILES string of the molecule is CCCCCCCCCCCCCCCCCCNC(=O)Oc1c(C)c(C(=O)OCC2CCCC2)[n+](CCCC)c2ccccc12. The number of para-hydroxylation sites is 1. The number of carbonyl (C=O) groups excluding carboxylic acids is 2. The smallest absolute Gasteiger partial charge is 0.412 e. The minimum atomic E-state index is -0.467. The topological polar surface area (TPSA) is 68.5 Å². The van der Waals surface area contributed by atoms with Crippen LogP contribution in [0.4, 0.5) is 4.79 Å². The summed E-state index contributed by atoms with van der Waals surface area (Å²) in [6.45, 7) is 8.05. The van der Waals surface area contributed by atoms with Crippen LogP contribution in [-0.4, -0.2) is 25.2 Å². The van der Waals surface area contributed by atoms with E-state index >= 15 is 0 Å². The number of nitrogens with zero attached hydrogens (tertiary/aromatic N) is 1. The standard InChI is InChI=1S/C40H64N2O4/c1-4-6-8-9-10-11-12-13-14-15-16-17-18-19-20-25-30-41-40(44)46-38-33(3)37(39(43)45-32-34-26-21-22-27-34)42(31-7-5-2)36-29-24-23-28-35(36)38/h23-24,28-29,34H,4-22,25-27,30-32H2,1-3H3/p+1. The zero-order valence-corrected chi connectivity index (χ0v) is 29.6. The number of ether oxygens (including phenoxy) is 2. The van der Waals surface area contributed by atoms with Crippen molar-refractivity contribution in [2.75, 3.05) is 13.2 Å². The molecule has 1 aliphatic carbocycles. The monoisotopic (exact) mass is 637 g/mol. The van der Waals surface area contributed by atoms with Crippen LogP contribution in [0.15, 0.2) is 24.3 Å². The lowest BCUT2D eigenvalue weighted by Crippen LogP contribution is -2.43. The van der Waals surface area contributed by atoms with Crippen LogP contribution in [0.25, 0.3) is 10.9 Å². The molecule has 2 aromatic rings. The maximum Gasteiger partial charge on any atom is 0.412 e. The highest BCUT2D eigenvalue weighted by Gasteiger charge is 2.32. The third-order valence-corrected chi connectivity index (χ3v) is 9.75. The summed E-state index contributed by atoms with van der Waals surface area (Å²) < 4.78 is 13.9. The highest BCUT2D eigenvalue weighted by Crippen LogP contribution is 2.31. The highest BCUT2D eigenvalue weighted by atomic mass is 16.6. The van der Waals surface area contributed by atoms with Crippen molar-refractivity contribution < 1.29 is 23.6 Å². The Morgan fingerprint density at radius 2 is 1.30 bits per heavy atom. The number of amides is 1. The van der Waals surface area contributed by atoms with E-state index in [-0.39, 0.29) is 5.97 Å². The van der Waals surface area contributed by atoms with E-state index in [9.17, 15) is 9.59 Å². The number of unbranched alkanes of at least 4 members (excludes halogenated alkanes) is 16. The Labute approximate surface area is 280 Å². The molecule has 3 rings (SSSR count). The summed E-state index contributed by atoms with van der Waals surface area (Å²) in [4.78, 5) is 26.5. The average Bonchev–Trinajstić information content (AvgIpc) is 3.59. The predicted octanol–water partition coefficient (Wildman–Crippen LogP) is 10.9. The molecule has 1 fully saturated rings. The molecule has 0 radical (unpaired) electrons. The number of pyridine rings is 1. The van der Waals surface area contributed by atoms with Crippen LogP contribution >= 0.6 is 0 Å². The van der Waals surface area contributed by atoms with E-state index in [1.165, 1.54) is 103 Å². The van der Waals surface area contributed by atoms with Gasteiger partial charge in [-0.15, -0.1) is 0 Å². The Bertz CT molecular complexity index is 1160. The number of carbonyl (C=O) groups is 2. The molecule has 0 saturated heterocycles. The van der Waals surface area contributed by atoms with E-state index in [4.69, 9.17) is 9.47 Å². The molecule has 6 nitrogen and oxygen atoms in total. The quantitative estimate of drug-likeness (QED) is 0.0706. The summed E-state index contributed by atoms with van der Waals surface area (Å²) >= 11 is 0. The molecule has 0 spiro atoms. The number of aromatic nitrogens is 1. The molecule has 258 valence electrons. The summed E-state index contributed by atoms with van der Waals surface area (Å²) in [5.74, 6) is 0.560. The molecule has 0 bridgehead atoms. The highest BCUT2D eigenvalue weighted by molar-refractivity contribution is 5.94. The molecule has 1 aromatic heterocycles. The molecule has 1 heterocycles. The fraction of sp³-hybridized carbons (Fsp3) is 0.725.